The molecule has 0 fully saturated rings. The molecule has 0 aliphatic heterocycles. The third-order valence-electron chi connectivity index (χ3n) is 4.30. The first-order valence-electron chi connectivity index (χ1n) is 8.83. The third kappa shape index (κ3) is 5.39. The minimum Gasteiger partial charge on any atom is -0.495 e. The lowest BCUT2D eigenvalue weighted by Crippen LogP contribution is -2.49. The van der Waals surface area contributed by atoms with Crippen molar-refractivity contribution in [3.8, 4) is 5.75 Å². The van der Waals surface area contributed by atoms with Gasteiger partial charge in [0.25, 0.3) is 0 Å². The Hall–Kier alpha value is -2.25. The summed E-state index contributed by atoms with van der Waals surface area (Å²) in [6.07, 6.45) is 1.34. The SMILES string of the molecule is CC[C@@H](C(=O)NCc1ccc(C)cc1)N(c1cc(Cl)ccc1OC)S(C)(=O)=O. The molecule has 0 aliphatic carbocycles. The Morgan fingerprint density at radius 1 is 1.21 bits per heavy atom. The third-order valence-corrected chi connectivity index (χ3v) is 5.70. The summed E-state index contributed by atoms with van der Waals surface area (Å²) in [5, 5.41) is 3.17. The number of nitrogens with one attached hydrogen (secondary N) is 1. The van der Waals surface area contributed by atoms with Gasteiger partial charge in [-0.25, -0.2) is 8.42 Å². The van der Waals surface area contributed by atoms with Gasteiger partial charge in [-0.15, -0.1) is 0 Å². The van der Waals surface area contributed by atoms with E-state index in [1.54, 1.807) is 19.1 Å². The lowest BCUT2D eigenvalue weighted by Gasteiger charge is -2.31. The largest absolute Gasteiger partial charge is 0.495 e. The number of aryl methyl sites for hydroxylation is 1. The molecule has 0 unspecified atom stereocenters. The van der Waals surface area contributed by atoms with Gasteiger partial charge in [-0.1, -0.05) is 48.4 Å². The lowest BCUT2D eigenvalue weighted by molar-refractivity contribution is -0.122. The van der Waals surface area contributed by atoms with Crippen LogP contribution < -0.4 is 14.4 Å². The second-order valence-electron chi connectivity index (χ2n) is 6.50. The standard InChI is InChI=1S/C20H25ClN2O4S/c1-5-17(20(24)22-13-15-8-6-14(2)7-9-15)23(28(4,25)26)18-12-16(21)10-11-19(18)27-3/h6-12,17H,5,13H2,1-4H3,(H,22,24)/t17-/m0/s1. The predicted molar refractivity (Wildman–Crippen MR) is 112 cm³/mol. The summed E-state index contributed by atoms with van der Waals surface area (Å²) >= 11 is 6.07. The van der Waals surface area contributed by atoms with E-state index in [9.17, 15) is 13.2 Å². The molecule has 8 heteroatoms. The van der Waals surface area contributed by atoms with Crippen LogP contribution in [0.4, 0.5) is 5.69 Å². The number of nitrogens with zero attached hydrogens (tertiary/aromatic N) is 1. The Kier molecular flexibility index (Phi) is 7.32. The van der Waals surface area contributed by atoms with E-state index in [0.29, 0.717) is 17.3 Å². The van der Waals surface area contributed by atoms with Crippen molar-refractivity contribution in [1.82, 2.24) is 5.32 Å². The molecule has 0 aromatic heterocycles. The number of benzene rings is 2. The molecule has 0 saturated carbocycles. The smallest absolute Gasteiger partial charge is 0.244 e. The number of halogens is 1. The average molecular weight is 425 g/mol. The summed E-state index contributed by atoms with van der Waals surface area (Å²) in [6.45, 7) is 4.04. The number of anilines is 1. The van der Waals surface area contributed by atoms with E-state index in [-0.39, 0.29) is 12.1 Å². The molecule has 2 aromatic rings. The Labute approximate surface area is 171 Å². The average Bonchev–Trinajstić information content (AvgIpc) is 2.64. The van der Waals surface area contributed by atoms with Gasteiger partial charge in [-0.3, -0.25) is 9.10 Å². The van der Waals surface area contributed by atoms with Crippen molar-refractivity contribution in [3.63, 3.8) is 0 Å². The van der Waals surface area contributed by atoms with Crippen molar-refractivity contribution in [2.75, 3.05) is 17.7 Å². The first-order valence-corrected chi connectivity index (χ1v) is 11.1. The van der Waals surface area contributed by atoms with Crippen LogP contribution in [0.25, 0.3) is 0 Å². The number of hydrogen-bond donors (Lipinski definition) is 1. The highest BCUT2D eigenvalue weighted by Gasteiger charge is 2.33. The second-order valence-corrected chi connectivity index (χ2v) is 8.80. The van der Waals surface area contributed by atoms with E-state index in [0.717, 1.165) is 21.7 Å². The summed E-state index contributed by atoms with van der Waals surface area (Å²) < 4.78 is 31.5. The Morgan fingerprint density at radius 2 is 1.86 bits per heavy atom. The van der Waals surface area contributed by atoms with Crippen LogP contribution in [0.15, 0.2) is 42.5 Å². The Morgan fingerprint density at radius 3 is 2.39 bits per heavy atom. The molecule has 0 heterocycles. The highest BCUT2D eigenvalue weighted by atomic mass is 35.5. The fourth-order valence-corrected chi connectivity index (χ4v) is 4.26. The number of carbonyl (C=O) groups excluding carboxylic acids is 1. The van der Waals surface area contributed by atoms with Crippen molar-refractivity contribution in [3.05, 3.63) is 58.6 Å². The predicted octanol–water partition coefficient (Wildman–Crippen LogP) is 3.52. The molecule has 2 rings (SSSR count). The molecule has 0 spiro atoms. The molecular formula is C20H25ClN2O4S. The maximum Gasteiger partial charge on any atom is 0.244 e. The number of hydrogen-bond acceptors (Lipinski definition) is 4. The molecule has 0 bridgehead atoms. The number of sulfonamides is 1. The first-order chi connectivity index (χ1) is 13.2. The van der Waals surface area contributed by atoms with Gasteiger partial charge in [0.2, 0.25) is 15.9 Å². The number of rotatable bonds is 8. The fourth-order valence-electron chi connectivity index (χ4n) is 2.88. The van der Waals surface area contributed by atoms with Gasteiger partial charge in [0, 0.05) is 11.6 Å². The van der Waals surface area contributed by atoms with Crippen LogP contribution in [-0.4, -0.2) is 33.7 Å². The molecule has 6 nitrogen and oxygen atoms in total. The number of methoxy groups -OCH3 is 1. The van der Waals surface area contributed by atoms with Gasteiger partial charge >= 0.3 is 0 Å². The minimum atomic E-state index is -3.78. The molecular weight excluding hydrogens is 400 g/mol. The lowest BCUT2D eigenvalue weighted by atomic mass is 10.1. The van der Waals surface area contributed by atoms with Crippen LogP contribution >= 0.6 is 11.6 Å². The maximum atomic E-state index is 12.9. The zero-order chi connectivity index (χ0) is 20.9. The Bertz CT molecular complexity index is 930. The molecule has 28 heavy (non-hydrogen) atoms. The zero-order valence-corrected chi connectivity index (χ0v) is 18.0. The number of carbonyl (C=O) groups is 1. The van der Waals surface area contributed by atoms with Crippen molar-refractivity contribution in [2.24, 2.45) is 0 Å². The van der Waals surface area contributed by atoms with Crippen molar-refractivity contribution < 1.29 is 17.9 Å². The minimum absolute atomic E-state index is 0.231. The quantitative estimate of drug-likeness (QED) is 0.703. The molecule has 2 aromatic carbocycles. The highest BCUT2D eigenvalue weighted by molar-refractivity contribution is 7.92. The van der Waals surface area contributed by atoms with E-state index in [2.05, 4.69) is 5.32 Å². The van der Waals surface area contributed by atoms with E-state index < -0.39 is 22.0 Å². The van der Waals surface area contributed by atoms with Gasteiger partial charge in [0.1, 0.15) is 11.8 Å². The highest BCUT2D eigenvalue weighted by Crippen LogP contribution is 2.34. The maximum absolute atomic E-state index is 12.9. The summed E-state index contributed by atoms with van der Waals surface area (Å²) in [4.78, 5) is 12.9. The number of amides is 1. The monoisotopic (exact) mass is 424 g/mol. The summed E-state index contributed by atoms with van der Waals surface area (Å²) in [7, 11) is -2.34. The van der Waals surface area contributed by atoms with E-state index in [4.69, 9.17) is 16.3 Å². The van der Waals surface area contributed by atoms with Crippen molar-refractivity contribution >= 4 is 33.2 Å². The number of ether oxygens (including phenoxy) is 1. The van der Waals surface area contributed by atoms with Crippen molar-refractivity contribution in [1.29, 1.82) is 0 Å². The van der Waals surface area contributed by atoms with Crippen LogP contribution in [-0.2, 0) is 21.4 Å². The summed E-state index contributed by atoms with van der Waals surface area (Å²) in [6, 6.07) is 11.5. The fraction of sp³-hybridized carbons (Fsp3) is 0.350. The summed E-state index contributed by atoms with van der Waals surface area (Å²) in [5.41, 5.74) is 2.28. The van der Waals surface area contributed by atoms with Crippen LogP contribution in [0, 0.1) is 6.92 Å². The molecule has 0 saturated heterocycles. The van der Waals surface area contributed by atoms with Crippen LogP contribution in [0.2, 0.25) is 5.02 Å². The van der Waals surface area contributed by atoms with Gasteiger partial charge in [-0.2, -0.15) is 0 Å². The van der Waals surface area contributed by atoms with E-state index in [1.165, 1.54) is 13.2 Å². The Balaban J connectivity index is 2.34. The molecule has 0 radical (unpaired) electrons. The van der Waals surface area contributed by atoms with Gasteiger partial charge in [0.05, 0.1) is 19.1 Å². The van der Waals surface area contributed by atoms with Crippen molar-refractivity contribution in [2.45, 2.75) is 32.9 Å². The van der Waals surface area contributed by atoms with E-state index in [1.807, 2.05) is 31.2 Å². The molecule has 1 atom stereocenters. The normalized spacial score (nSPS) is 12.3. The van der Waals surface area contributed by atoms with Crippen LogP contribution in [0.1, 0.15) is 24.5 Å². The van der Waals surface area contributed by atoms with Gasteiger partial charge in [-0.05, 0) is 37.1 Å². The van der Waals surface area contributed by atoms with Gasteiger partial charge < -0.3 is 10.1 Å². The summed E-state index contributed by atoms with van der Waals surface area (Å²) in [5.74, 6) is -0.0739. The first kappa shape index (κ1) is 22.0. The van der Waals surface area contributed by atoms with Crippen LogP contribution in [0.3, 0.4) is 0 Å². The molecule has 0 aliphatic rings. The van der Waals surface area contributed by atoms with Gasteiger partial charge in [0.15, 0.2) is 0 Å². The zero-order valence-electron chi connectivity index (χ0n) is 16.4. The topological polar surface area (TPSA) is 75.7 Å². The molecule has 1 N–H and O–H groups in total. The second kappa shape index (κ2) is 9.30. The molecule has 1 amide bonds. The van der Waals surface area contributed by atoms with E-state index >= 15 is 0 Å². The van der Waals surface area contributed by atoms with Crippen LogP contribution in [0.5, 0.6) is 5.75 Å². The molecule has 152 valence electrons.